The summed E-state index contributed by atoms with van der Waals surface area (Å²) in [5.74, 6) is 1.52. The molecule has 1 aromatic carbocycles. The van der Waals surface area contributed by atoms with Gasteiger partial charge in [-0.2, -0.15) is 0 Å². The van der Waals surface area contributed by atoms with Gasteiger partial charge >= 0.3 is 0 Å². The molecule has 0 radical (unpaired) electrons. The number of nitrogens with one attached hydrogen (secondary N) is 2. The molecule has 1 aliphatic rings. The van der Waals surface area contributed by atoms with E-state index in [9.17, 15) is 0 Å². The summed E-state index contributed by atoms with van der Waals surface area (Å²) in [5.41, 5.74) is 2.05. The Morgan fingerprint density at radius 3 is 2.95 bits per heavy atom. The van der Waals surface area contributed by atoms with E-state index < -0.39 is 0 Å². The molecule has 2 N–H and O–H groups in total. The molecular formula is C16H19ClN4O. The van der Waals surface area contributed by atoms with Crippen molar-refractivity contribution < 1.29 is 4.74 Å². The summed E-state index contributed by atoms with van der Waals surface area (Å²) in [6.07, 6.45) is 4.06. The summed E-state index contributed by atoms with van der Waals surface area (Å²) in [5, 5.41) is 7.26. The first-order valence-corrected chi connectivity index (χ1v) is 7.79. The molecule has 0 aliphatic carbocycles. The maximum Gasteiger partial charge on any atom is 0.135 e. The van der Waals surface area contributed by atoms with Gasteiger partial charge in [0.15, 0.2) is 0 Å². The third-order valence-corrected chi connectivity index (χ3v) is 3.90. The molecule has 1 aliphatic heterocycles. The third kappa shape index (κ3) is 3.87. The van der Waals surface area contributed by atoms with Gasteiger partial charge in [0.1, 0.15) is 18.0 Å². The molecule has 0 bridgehead atoms. The fourth-order valence-corrected chi connectivity index (χ4v) is 2.59. The van der Waals surface area contributed by atoms with Gasteiger partial charge in [-0.15, -0.1) is 0 Å². The fourth-order valence-electron chi connectivity index (χ4n) is 2.41. The first-order chi connectivity index (χ1) is 10.7. The van der Waals surface area contributed by atoms with Crippen molar-refractivity contribution in [1.29, 1.82) is 0 Å². The first-order valence-electron chi connectivity index (χ1n) is 7.41. The molecule has 116 valence electrons. The van der Waals surface area contributed by atoms with Crippen LogP contribution in [0.5, 0.6) is 0 Å². The van der Waals surface area contributed by atoms with Gasteiger partial charge in [0.2, 0.25) is 0 Å². The summed E-state index contributed by atoms with van der Waals surface area (Å²) in [4.78, 5) is 8.49. The molecular weight excluding hydrogens is 300 g/mol. The summed E-state index contributed by atoms with van der Waals surface area (Å²) in [7, 11) is 0. The number of hydrogen-bond donors (Lipinski definition) is 2. The maximum atomic E-state index is 6.04. The topological polar surface area (TPSA) is 59.1 Å². The van der Waals surface area contributed by atoms with Crippen molar-refractivity contribution in [2.45, 2.75) is 25.9 Å². The molecule has 1 unspecified atom stereocenters. The van der Waals surface area contributed by atoms with Crippen molar-refractivity contribution in [2.75, 3.05) is 23.8 Å². The van der Waals surface area contributed by atoms with E-state index in [0.717, 1.165) is 48.9 Å². The Morgan fingerprint density at radius 1 is 1.27 bits per heavy atom. The van der Waals surface area contributed by atoms with Crippen molar-refractivity contribution >= 4 is 28.9 Å². The highest BCUT2D eigenvalue weighted by atomic mass is 35.5. The largest absolute Gasteiger partial charge is 0.376 e. The number of anilines is 3. The number of rotatable bonds is 5. The second kappa shape index (κ2) is 6.94. The monoisotopic (exact) mass is 318 g/mol. The highest BCUT2D eigenvalue weighted by molar-refractivity contribution is 6.30. The Morgan fingerprint density at radius 2 is 2.14 bits per heavy atom. The van der Waals surface area contributed by atoms with Gasteiger partial charge in [0, 0.05) is 29.9 Å². The van der Waals surface area contributed by atoms with Crippen LogP contribution in [0.1, 0.15) is 18.4 Å². The number of aromatic nitrogens is 2. The van der Waals surface area contributed by atoms with E-state index in [2.05, 4.69) is 20.6 Å². The highest BCUT2D eigenvalue weighted by Crippen LogP contribution is 2.24. The highest BCUT2D eigenvalue weighted by Gasteiger charge is 2.15. The standard InChI is InChI=1S/C16H19ClN4O/c1-11-4-5-12(17)7-14(11)21-16-8-15(19-10-20-16)18-9-13-3-2-6-22-13/h4-5,7-8,10,13H,2-3,6,9H2,1H3,(H2,18,19,20,21). The molecule has 1 atom stereocenters. The third-order valence-electron chi connectivity index (χ3n) is 3.66. The second-order valence-electron chi connectivity index (χ2n) is 5.39. The predicted molar refractivity (Wildman–Crippen MR) is 89.0 cm³/mol. The minimum absolute atomic E-state index is 0.279. The van der Waals surface area contributed by atoms with Crippen molar-refractivity contribution in [3.63, 3.8) is 0 Å². The average molecular weight is 319 g/mol. The zero-order valence-corrected chi connectivity index (χ0v) is 13.2. The Balaban J connectivity index is 1.66. The number of halogens is 1. The minimum Gasteiger partial charge on any atom is -0.376 e. The molecule has 1 fully saturated rings. The molecule has 0 amide bonds. The van der Waals surface area contributed by atoms with Crippen LogP contribution in [0.4, 0.5) is 17.3 Å². The molecule has 6 heteroatoms. The van der Waals surface area contributed by atoms with Gasteiger partial charge in [0.25, 0.3) is 0 Å². The van der Waals surface area contributed by atoms with Gasteiger partial charge in [-0.25, -0.2) is 9.97 Å². The van der Waals surface area contributed by atoms with Crippen LogP contribution in [0.2, 0.25) is 5.02 Å². The molecule has 2 aromatic rings. The quantitative estimate of drug-likeness (QED) is 0.878. The molecule has 0 saturated carbocycles. The van der Waals surface area contributed by atoms with E-state index in [1.54, 1.807) is 6.33 Å². The second-order valence-corrected chi connectivity index (χ2v) is 5.83. The van der Waals surface area contributed by atoms with E-state index in [4.69, 9.17) is 16.3 Å². The van der Waals surface area contributed by atoms with Gasteiger partial charge in [-0.1, -0.05) is 17.7 Å². The van der Waals surface area contributed by atoms with E-state index in [-0.39, 0.29) is 6.10 Å². The zero-order chi connectivity index (χ0) is 15.4. The van der Waals surface area contributed by atoms with Crippen molar-refractivity contribution in [2.24, 2.45) is 0 Å². The van der Waals surface area contributed by atoms with Crippen LogP contribution in [0.25, 0.3) is 0 Å². The lowest BCUT2D eigenvalue weighted by Gasteiger charge is -2.13. The predicted octanol–water partition coefficient (Wildman–Crippen LogP) is 3.77. The lowest BCUT2D eigenvalue weighted by molar-refractivity contribution is 0.120. The summed E-state index contributed by atoms with van der Waals surface area (Å²) < 4.78 is 5.59. The van der Waals surface area contributed by atoms with Crippen LogP contribution in [0.15, 0.2) is 30.6 Å². The van der Waals surface area contributed by atoms with E-state index >= 15 is 0 Å². The van der Waals surface area contributed by atoms with E-state index in [1.807, 2.05) is 31.2 Å². The van der Waals surface area contributed by atoms with Crippen LogP contribution in [0, 0.1) is 6.92 Å². The van der Waals surface area contributed by atoms with Gasteiger partial charge < -0.3 is 15.4 Å². The molecule has 22 heavy (non-hydrogen) atoms. The van der Waals surface area contributed by atoms with Crippen LogP contribution in [-0.4, -0.2) is 29.2 Å². The van der Waals surface area contributed by atoms with E-state index in [1.165, 1.54) is 0 Å². The lowest BCUT2D eigenvalue weighted by atomic mass is 10.2. The summed E-state index contributed by atoms with van der Waals surface area (Å²) >= 11 is 6.04. The van der Waals surface area contributed by atoms with Crippen LogP contribution in [-0.2, 0) is 4.74 Å². The SMILES string of the molecule is Cc1ccc(Cl)cc1Nc1cc(NCC2CCCO2)ncn1. The molecule has 3 rings (SSSR count). The van der Waals surface area contributed by atoms with Crippen LogP contribution < -0.4 is 10.6 Å². The Kier molecular flexibility index (Phi) is 4.75. The number of benzene rings is 1. The zero-order valence-electron chi connectivity index (χ0n) is 12.5. The summed E-state index contributed by atoms with van der Waals surface area (Å²) in [6, 6.07) is 7.62. The summed E-state index contributed by atoms with van der Waals surface area (Å²) in [6.45, 7) is 3.65. The number of ether oxygens (including phenoxy) is 1. The normalized spacial score (nSPS) is 17.5. The molecule has 1 aromatic heterocycles. The van der Waals surface area contributed by atoms with Gasteiger partial charge in [-0.3, -0.25) is 0 Å². The molecule has 2 heterocycles. The first kappa shape index (κ1) is 15.1. The van der Waals surface area contributed by atoms with Crippen molar-refractivity contribution in [1.82, 2.24) is 9.97 Å². The minimum atomic E-state index is 0.279. The van der Waals surface area contributed by atoms with Crippen molar-refractivity contribution in [3.05, 3.63) is 41.2 Å². The number of hydrogen-bond acceptors (Lipinski definition) is 5. The molecule has 5 nitrogen and oxygen atoms in total. The lowest BCUT2D eigenvalue weighted by Crippen LogP contribution is -2.19. The molecule has 0 spiro atoms. The number of aryl methyl sites for hydroxylation is 1. The van der Waals surface area contributed by atoms with E-state index in [0.29, 0.717) is 5.02 Å². The molecule has 1 saturated heterocycles. The Bertz CT molecular complexity index is 644. The Hall–Kier alpha value is -1.85. The number of nitrogens with zero attached hydrogens (tertiary/aromatic N) is 2. The van der Waals surface area contributed by atoms with Gasteiger partial charge in [0.05, 0.1) is 6.10 Å². The van der Waals surface area contributed by atoms with Gasteiger partial charge in [-0.05, 0) is 37.5 Å². The average Bonchev–Trinajstić information content (AvgIpc) is 3.03. The fraction of sp³-hybridized carbons (Fsp3) is 0.375. The van der Waals surface area contributed by atoms with Crippen LogP contribution >= 0.6 is 11.6 Å². The van der Waals surface area contributed by atoms with Crippen LogP contribution in [0.3, 0.4) is 0 Å². The maximum absolute atomic E-state index is 6.04. The smallest absolute Gasteiger partial charge is 0.135 e. The Labute approximate surface area is 135 Å². The van der Waals surface area contributed by atoms with Crippen molar-refractivity contribution in [3.8, 4) is 0 Å².